The predicted octanol–water partition coefficient (Wildman–Crippen LogP) is 10.1. The van der Waals surface area contributed by atoms with Crippen LogP contribution in [0.3, 0.4) is 0 Å². The lowest BCUT2D eigenvalue weighted by Gasteiger charge is -2.21. The fraction of sp³-hybridized carbons (Fsp3) is 0.0698. The Kier molecular flexibility index (Phi) is 6.15. The zero-order valence-electron chi connectivity index (χ0n) is 26.5. The number of fused-ring (bicyclic) bond motifs is 7. The molecule has 0 unspecified atom stereocenters. The summed E-state index contributed by atoms with van der Waals surface area (Å²) in [6.45, 7) is 4.66. The molecule has 2 aromatic heterocycles. The van der Waals surface area contributed by atoms with Gasteiger partial charge in [0.05, 0.1) is 22.7 Å². The highest BCUT2D eigenvalue weighted by atomic mass is 15.0. The smallest absolute Gasteiger partial charge is 0.164 e. The molecule has 0 fully saturated rings. The van der Waals surface area contributed by atoms with E-state index in [-0.39, 0.29) is 5.41 Å². The number of nitrogens with zero attached hydrogens (tertiary/aromatic N) is 5. The normalized spacial score (nSPS) is 12.9. The van der Waals surface area contributed by atoms with Crippen molar-refractivity contribution in [2.45, 2.75) is 19.3 Å². The van der Waals surface area contributed by atoms with Crippen LogP contribution in [0.5, 0.6) is 0 Å². The van der Waals surface area contributed by atoms with E-state index in [4.69, 9.17) is 15.0 Å². The summed E-state index contributed by atoms with van der Waals surface area (Å²) in [5.74, 6) is 1.67. The first-order valence-electron chi connectivity index (χ1n) is 16.1. The zero-order valence-corrected chi connectivity index (χ0v) is 26.5. The number of benzene rings is 6. The molecule has 0 saturated heterocycles. The largest absolute Gasteiger partial charge is 0.309 e. The predicted molar refractivity (Wildman–Crippen MR) is 193 cm³/mol. The molecule has 0 atom stereocenters. The molecule has 1 aliphatic rings. The van der Waals surface area contributed by atoms with Crippen molar-refractivity contribution in [3.05, 3.63) is 156 Å². The maximum atomic E-state index is 9.57. The van der Waals surface area contributed by atoms with Crippen LogP contribution in [-0.2, 0) is 5.41 Å². The number of nitriles is 1. The van der Waals surface area contributed by atoms with Gasteiger partial charge in [-0.2, -0.15) is 5.26 Å². The van der Waals surface area contributed by atoms with Gasteiger partial charge >= 0.3 is 0 Å². The summed E-state index contributed by atoms with van der Waals surface area (Å²) in [6, 6.07) is 50.1. The van der Waals surface area contributed by atoms with E-state index in [1.807, 2.05) is 54.6 Å². The molecule has 0 radical (unpaired) electrons. The topological polar surface area (TPSA) is 67.4 Å². The molecule has 226 valence electrons. The second kappa shape index (κ2) is 10.6. The molecule has 0 bridgehead atoms. The van der Waals surface area contributed by atoms with Crippen molar-refractivity contribution in [1.29, 1.82) is 5.26 Å². The molecule has 6 aromatic carbocycles. The summed E-state index contributed by atoms with van der Waals surface area (Å²) in [5, 5.41) is 12.1. The molecule has 0 N–H and O–H groups in total. The van der Waals surface area contributed by atoms with Gasteiger partial charge in [-0.05, 0) is 58.7 Å². The molecule has 0 amide bonds. The summed E-state index contributed by atoms with van der Waals surface area (Å²) < 4.78 is 2.36. The second-order valence-corrected chi connectivity index (χ2v) is 12.8. The van der Waals surface area contributed by atoms with Crippen molar-refractivity contribution >= 4 is 21.8 Å². The average Bonchev–Trinajstić information content (AvgIpc) is 3.60. The first-order valence-corrected chi connectivity index (χ1v) is 16.1. The quantitative estimate of drug-likeness (QED) is 0.198. The average molecular weight is 616 g/mol. The van der Waals surface area contributed by atoms with Crippen molar-refractivity contribution < 1.29 is 0 Å². The Morgan fingerprint density at radius 1 is 0.562 bits per heavy atom. The van der Waals surface area contributed by atoms with Crippen LogP contribution < -0.4 is 0 Å². The molecule has 48 heavy (non-hydrogen) atoms. The van der Waals surface area contributed by atoms with Gasteiger partial charge in [-0.15, -0.1) is 0 Å². The Morgan fingerprint density at radius 2 is 1.21 bits per heavy atom. The third-order valence-corrected chi connectivity index (χ3v) is 9.66. The van der Waals surface area contributed by atoms with E-state index in [2.05, 4.69) is 103 Å². The highest BCUT2D eigenvalue weighted by molar-refractivity contribution is 6.17. The van der Waals surface area contributed by atoms with E-state index < -0.39 is 0 Å². The maximum Gasteiger partial charge on any atom is 0.164 e. The highest BCUT2D eigenvalue weighted by Crippen LogP contribution is 2.53. The van der Waals surface area contributed by atoms with Crippen LogP contribution in [-0.4, -0.2) is 19.5 Å². The molecule has 1 aliphatic carbocycles. The monoisotopic (exact) mass is 615 g/mol. The van der Waals surface area contributed by atoms with Gasteiger partial charge in [0.2, 0.25) is 0 Å². The van der Waals surface area contributed by atoms with Gasteiger partial charge < -0.3 is 4.57 Å². The second-order valence-electron chi connectivity index (χ2n) is 12.8. The molecule has 2 heterocycles. The van der Waals surface area contributed by atoms with E-state index in [9.17, 15) is 5.26 Å². The van der Waals surface area contributed by atoms with Crippen molar-refractivity contribution in [2.24, 2.45) is 0 Å². The summed E-state index contributed by atoms with van der Waals surface area (Å²) in [6.07, 6.45) is 0. The van der Waals surface area contributed by atoms with E-state index in [1.54, 1.807) is 6.07 Å². The molecule has 0 spiro atoms. The van der Waals surface area contributed by atoms with Crippen molar-refractivity contribution in [2.75, 3.05) is 0 Å². The Hall–Kier alpha value is -6.38. The lowest BCUT2D eigenvalue weighted by Crippen LogP contribution is -2.14. The van der Waals surface area contributed by atoms with Gasteiger partial charge in [-0.25, -0.2) is 15.0 Å². The van der Waals surface area contributed by atoms with Crippen molar-refractivity contribution in [3.8, 4) is 57.0 Å². The summed E-state index contributed by atoms with van der Waals surface area (Å²) in [7, 11) is 0. The molecule has 8 aromatic rings. The molecule has 9 rings (SSSR count). The van der Waals surface area contributed by atoms with E-state index in [0.29, 0.717) is 23.0 Å². The molecular weight excluding hydrogens is 587 g/mol. The summed E-state index contributed by atoms with van der Waals surface area (Å²) in [5.41, 5.74) is 11.7. The number of para-hydroxylation sites is 1. The first kappa shape index (κ1) is 27.9. The Morgan fingerprint density at radius 3 is 2.00 bits per heavy atom. The van der Waals surface area contributed by atoms with Gasteiger partial charge in [0, 0.05) is 38.6 Å². The fourth-order valence-electron chi connectivity index (χ4n) is 7.39. The Labute approximate surface area is 278 Å². The van der Waals surface area contributed by atoms with Crippen LogP contribution in [0, 0.1) is 11.3 Å². The summed E-state index contributed by atoms with van der Waals surface area (Å²) >= 11 is 0. The first-order chi connectivity index (χ1) is 23.5. The maximum absolute atomic E-state index is 9.57. The fourth-order valence-corrected chi connectivity index (χ4v) is 7.39. The van der Waals surface area contributed by atoms with Crippen LogP contribution in [0.25, 0.3) is 72.8 Å². The van der Waals surface area contributed by atoms with Crippen molar-refractivity contribution in [1.82, 2.24) is 19.5 Å². The highest BCUT2D eigenvalue weighted by Gasteiger charge is 2.37. The van der Waals surface area contributed by atoms with E-state index in [0.717, 1.165) is 33.4 Å². The number of hydrogen-bond acceptors (Lipinski definition) is 4. The third-order valence-electron chi connectivity index (χ3n) is 9.66. The van der Waals surface area contributed by atoms with Crippen LogP contribution in [0.4, 0.5) is 0 Å². The van der Waals surface area contributed by atoms with Crippen LogP contribution in [0.15, 0.2) is 140 Å². The number of hydrogen-bond donors (Lipinski definition) is 0. The Balaban J connectivity index is 1.27. The summed E-state index contributed by atoms with van der Waals surface area (Å²) in [4.78, 5) is 14.8. The SMILES string of the molecule is CC1(C)c2ccccc2-c2c1ccc1c2c2ccccc2n1-c1cccc(-c2nc(-c3ccccc3)nc(-c3cccc(C#N)c3)n2)c1. The zero-order chi connectivity index (χ0) is 32.4. The lowest BCUT2D eigenvalue weighted by atomic mass is 9.82. The van der Waals surface area contributed by atoms with Crippen LogP contribution in [0.2, 0.25) is 0 Å². The van der Waals surface area contributed by atoms with Crippen molar-refractivity contribution in [3.63, 3.8) is 0 Å². The van der Waals surface area contributed by atoms with Gasteiger partial charge in [-0.1, -0.05) is 117 Å². The molecule has 0 aliphatic heterocycles. The minimum atomic E-state index is -0.0805. The standard InChI is InChI=1S/C43H29N5/c1-43(2)34-20-8-6-18-32(34)38-35(43)22-23-37-39(38)33-19-7-9-21-36(33)48(37)31-17-11-16-30(25-31)42-46-40(28-13-4-3-5-14-28)45-41(47-42)29-15-10-12-27(24-29)26-44/h3-25H,1-2H3. The Bertz CT molecular complexity index is 2610. The van der Waals surface area contributed by atoms with Gasteiger partial charge in [0.15, 0.2) is 17.5 Å². The molecule has 5 nitrogen and oxygen atoms in total. The van der Waals surface area contributed by atoms with Crippen LogP contribution >= 0.6 is 0 Å². The number of rotatable bonds is 4. The third kappa shape index (κ3) is 4.20. The van der Waals surface area contributed by atoms with Gasteiger partial charge in [-0.3, -0.25) is 0 Å². The van der Waals surface area contributed by atoms with E-state index >= 15 is 0 Å². The molecule has 0 saturated carbocycles. The van der Waals surface area contributed by atoms with Gasteiger partial charge in [0.1, 0.15) is 0 Å². The van der Waals surface area contributed by atoms with E-state index in [1.165, 1.54) is 33.0 Å². The lowest BCUT2D eigenvalue weighted by molar-refractivity contribution is 0.661. The molecule has 5 heteroatoms. The van der Waals surface area contributed by atoms with Gasteiger partial charge in [0.25, 0.3) is 0 Å². The minimum Gasteiger partial charge on any atom is -0.309 e. The number of aromatic nitrogens is 4. The van der Waals surface area contributed by atoms with Crippen LogP contribution in [0.1, 0.15) is 30.5 Å². The molecular formula is C43H29N5. The minimum absolute atomic E-state index is 0.0805.